The number of amides is 1. The highest BCUT2D eigenvalue weighted by Gasteiger charge is 2.37. The van der Waals surface area contributed by atoms with Crippen molar-refractivity contribution in [2.75, 3.05) is 39.4 Å². The van der Waals surface area contributed by atoms with Crippen molar-refractivity contribution >= 4 is 5.91 Å². The number of morpholine rings is 1. The van der Waals surface area contributed by atoms with Crippen LogP contribution in [0.3, 0.4) is 0 Å². The Labute approximate surface area is 124 Å². The van der Waals surface area contributed by atoms with Crippen LogP contribution in [-0.4, -0.2) is 77.3 Å². The standard InChI is InChI=1S/C15H21N3O3/c19-14-11-18(10-13(14)17-5-7-21-8-6-17)15(20)9-12-3-1-2-4-16-12/h1-4,13-14,19H,5-11H2/t13-,14-/m0/s1. The van der Waals surface area contributed by atoms with Crippen molar-refractivity contribution in [3.8, 4) is 0 Å². The minimum atomic E-state index is -0.476. The minimum Gasteiger partial charge on any atom is -0.390 e. The molecular weight excluding hydrogens is 270 g/mol. The predicted octanol–water partition coefficient (Wildman–Crippen LogP) is -0.472. The van der Waals surface area contributed by atoms with Gasteiger partial charge in [-0.05, 0) is 12.1 Å². The molecule has 3 rings (SSSR count). The lowest BCUT2D eigenvalue weighted by molar-refractivity contribution is -0.130. The Morgan fingerprint density at radius 2 is 2.14 bits per heavy atom. The number of nitrogens with zero attached hydrogens (tertiary/aromatic N) is 3. The molecule has 1 N–H and O–H groups in total. The molecule has 2 fully saturated rings. The molecule has 6 nitrogen and oxygen atoms in total. The Balaban J connectivity index is 1.58. The minimum absolute atomic E-state index is 0.0292. The number of aliphatic hydroxyl groups is 1. The number of hydrogen-bond donors (Lipinski definition) is 1. The predicted molar refractivity (Wildman–Crippen MR) is 76.7 cm³/mol. The third kappa shape index (κ3) is 3.40. The summed E-state index contributed by atoms with van der Waals surface area (Å²) in [4.78, 5) is 20.5. The molecule has 2 aliphatic rings. The molecule has 0 spiro atoms. The van der Waals surface area contributed by atoms with Gasteiger partial charge >= 0.3 is 0 Å². The highest BCUT2D eigenvalue weighted by Crippen LogP contribution is 2.18. The van der Waals surface area contributed by atoms with Crippen LogP contribution in [0.15, 0.2) is 24.4 Å². The number of likely N-dealkylation sites (tertiary alicyclic amines) is 1. The van der Waals surface area contributed by atoms with Gasteiger partial charge in [0.05, 0.1) is 31.8 Å². The zero-order valence-electron chi connectivity index (χ0n) is 12.0. The number of ether oxygens (including phenoxy) is 1. The number of carbonyl (C=O) groups excluding carboxylic acids is 1. The quantitative estimate of drug-likeness (QED) is 0.815. The summed E-state index contributed by atoms with van der Waals surface area (Å²) in [5.74, 6) is 0.0310. The second kappa shape index (κ2) is 6.51. The third-order valence-electron chi connectivity index (χ3n) is 4.18. The largest absolute Gasteiger partial charge is 0.390 e. The van der Waals surface area contributed by atoms with Gasteiger partial charge < -0.3 is 14.7 Å². The van der Waals surface area contributed by atoms with Crippen LogP contribution in [0, 0.1) is 0 Å². The summed E-state index contributed by atoms with van der Waals surface area (Å²) in [6.45, 7) is 4.05. The maximum Gasteiger partial charge on any atom is 0.228 e. The van der Waals surface area contributed by atoms with Crippen molar-refractivity contribution in [1.29, 1.82) is 0 Å². The number of β-amino-alcohol motifs (C(OH)–C–C–N with tert-alkyl or cyclic N) is 1. The molecule has 3 heterocycles. The monoisotopic (exact) mass is 291 g/mol. The fraction of sp³-hybridized carbons (Fsp3) is 0.600. The molecule has 1 aromatic heterocycles. The summed E-state index contributed by atoms with van der Waals surface area (Å²) in [7, 11) is 0. The molecule has 2 saturated heterocycles. The van der Waals surface area contributed by atoms with Crippen molar-refractivity contribution in [3.05, 3.63) is 30.1 Å². The maximum absolute atomic E-state index is 12.3. The van der Waals surface area contributed by atoms with E-state index in [1.165, 1.54) is 0 Å². The molecular formula is C15H21N3O3. The van der Waals surface area contributed by atoms with E-state index in [1.54, 1.807) is 11.1 Å². The molecule has 0 radical (unpaired) electrons. The average molecular weight is 291 g/mol. The van der Waals surface area contributed by atoms with Crippen molar-refractivity contribution in [1.82, 2.24) is 14.8 Å². The van der Waals surface area contributed by atoms with Gasteiger partial charge in [-0.2, -0.15) is 0 Å². The molecule has 0 saturated carbocycles. The fourth-order valence-electron chi connectivity index (χ4n) is 3.01. The third-order valence-corrected chi connectivity index (χ3v) is 4.18. The van der Waals surface area contributed by atoms with Crippen LogP contribution in [0.5, 0.6) is 0 Å². The van der Waals surface area contributed by atoms with Crippen LogP contribution in [-0.2, 0) is 16.0 Å². The van der Waals surface area contributed by atoms with Crippen molar-refractivity contribution in [3.63, 3.8) is 0 Å². The van der Waals surface area contributed by atoms with E-state index in [9.17, 15) is 9.90 Å². The lowest BCUT2D eigenvalue weighted by atomic mass is 10.1. The molecule has 6 heteroatoms. The number of carbonyl (C=O) groups is 1. The Kier molecular flexibility index (Phi) is 4.48. The van der Waals surface area contributed by atoms with Crippen molar-refractivity contribution in [2.45, 2.75) is 18.6 Å². The normalized spacial score (nSPS) is 27.0. The first kappa shape index (κ1) is 14.4. The Morgan fingerprint density at radius 3 is 2.86 bits per heavy atom. The smallest absolute Gasteiger partial charge is 0.228 e. The van der Waals surface area contributed by atoms with E-state index >= 15 is 0 Å². The summed E-state index contributed by atoms with van der Waals surface area (Å²) in [6.07, 6.45) is 1.51. The fourth-order valence-corrected chi connectivity index (χ4v) is 3.01. The second-order valence-electron chi connectivity index (χ2n) is 5.58. The molecule has 0 aromatic carbocycles. The lowest BCUT2D eigenvalue weighted by Gasteiger charge is -2.33. The number of rotatable bonds is 3. The maximum atomic E-state index is 12.3. The van der Waals surface area contributed by atoms with E-state index in [1.807, 2.05) is 18.2 Å². The van der Waals surface area contributed by atoms with Gasteiger partial charge in [0.15, 0.2) is 0 Å². The van der Waals surface area contributed by atoms with Crippen LogP contribution >= 0.6 is 0 Å². The first-order valence-electron chi connectivity index (χ1n) is 7.41. The molecule has 21 heavy (non-hydrogen) atoms. The van der Waals surface area contributed by atoms with E-state index in [0.29, 0.717) is 32.7 Å². The number of hydrogen-bond acceptors (Lipinski definition) is 5. The number of pyridine rings is 1. The van der Waals surface area contributed by atoms with Gasteiger partial charge in [0.25, 0.3) is 0 Å². The molecule has 1 amide bonds. The molecule has 0 aliphatic carbocycles. The van der Waals surface area contributed by atoms with Crippen molar-refractivity contribution < 1.29 is 14.6 Å². The van der Waals surface area contributed by atoms with Crippen LogP contribution < -0.4 is 0 Å². The van der Waals surface area contributed by atoms with Crippen LogP contribution in [0.25, 0.3) is 0 Å². The molecule has 2 aliphatic heterocycles. The second-order valence-corrected chi connectivity index (χ2v) is 5.58. The van der Waals surface area contributed by atoms with Gasteiger partial charge in [0.2, 0.25) is 5.91 Å². The average Bonchev–Trinajstić information content (AvgIpc) is 2.91. The topological polar surface area (TPSA) is 65.9 Å². The lowest BCUT2D eigenvalue weighted by Crippen LogP contribution is -2.49. The summed E-state index contributed by atoms with van der Waals surface area (Å²) in [5, 5.41) is 10.2. The Bertz CT molecular complexity index is 476. The SMILES string of the molecule is O=C(Cc1ccccn1)N1C[C@H](O)[C@@H](N2CCOCC2)C1. The first-order chi connectivity index (χ1) is 10.2. The Hall–Kier alpha value is -1.50. The van der Waals surface area contributed by atoms with Gasteiger partial charge in [-0.15, -0.1) is 0 Å². The van der Waals surface area contributed by atoms with Gasteiger partial charge in [-0.3, -0.25) is 14.7 Å². The molecule has 1 aromatic rings. The van der Waals surface area contributed by atoms with Crippen LogP contribution in [0.2, 0.25) is 0 Å². The molecule has 2 atom stereocenters. The molecule has 114 valence electrons. The summed E-state index contributed by atoms with van der Waals surface area (Å²) in [6, 6.07) is 5.60. The highest BCUT2D eigenvalue weighted by molar-refractivity contribution is 5.78. The van der Waals surface area contributed by atoms with Gasteiger partial charge in [-0.25, -0.2) is 0 Å². The number of aliphatic hydroxyl groups excluding tert-OH is 1. The van der Waals surface area contributed by atoms with Gasteiger partial charge in [-0.1, -0.05) is 6.07 Å². The van der Waals surface area contributed by atoms with Crippen LogP contribution in [0.1, 0.15) is 5.69 Å². The van der Waals surface area contributed by atoms with E-state index in [-0.39, 0.29) is 11.9 Å². The highest BCUT2D eigenvalue weighted by atomic mass is 16.5. The summed E-state index contributed by atoms with van der Waals surface area (Å²) >= 11 is 0. The van der Waals surface area contributed by atoms with E-state index < -0.39 is 6.10 Å². The number of aromatic nitrogens is 1. The summed E-state index contributed by atoms with van der Waals surface area (Å²) in [5.41, 5.74) is 0.770. The van der Waals surface area contributed by atoms with Gasteiger partial charge in [0.1, 0.15) is 0 Å². The summed E-state index contributed by atoms with van der Waals surface area (Å²) < 4.78 is 5.34. The zero-order chi connectivity index (χ0) is 14.7. The Morgan fingerprint density at radius 1 is 1.33 bits per heavy atom. The van der Waals surface area contributed by atoms with E-state index in [2.05, 4.69) is 9.88 Å². The first-order valence-corrected chi connectivity index (χ1v) is 7.41. The van der Waals surface area contributed by atoms with E-state index in [0.717, 1.165) is 18.8 Å². The molecule has 0 bridgehead atoms. The van der Waals surface area contributed by atoms with Crippen molar-refractivity contribution in [2.24, 2.45) is 0 Å². The van der Waals surface area contributed by atoms with E-state index in [4.69, 9.17) is 4.74 Å². The van der Waals surface area contributed by atoms with Crippen LogP contribution in [0.4, 0.5) is 0 Å². The van der Waals surface area contributed by atoms with Gasteiger partial charge in [0, 0.05) is 38.1 Å². The molecule has 0 unspecified atom stereocenters. The zero-order valence-corrected chi connectivity index (χ0v) is 12.0.